The molecule has 1 aromatic rings. The van der Waals surface area contributed by atoms with Crippen LogP contribution in [-0.4, -0.2) is 40.5 Å². The molecule has 4 N–H and O–H groups in total. The molecule has 0 radical (unpaired) electrons. The average molecular weight is 253 g/mol. The maximum atomic E-state index is 5.82. The lowest BCUT2D eigenvalue weighted by Gasteiger charge is -2.19. The first-order valence-corrected chi connectivity index (χ1v) is 6.87. The van der Waals surface area contributed by atoms with E-state index in [4.69, 9.17) is 5.73 Å². The predicted octanol–water partition coefficient (Wildman–Crippen LogP) is 2.22. The number of hydrogen-bond donors (Lipinski definition) is 3. The first-order valence-electron chi connectivity index (χ1n) is 6.87. The molecule has 0 aromatic carbocycles. The fourth-order valence-electron chi connectivity index (χ4n) is 2.09. The summed E-state index contributed by atoms with van der Waals surface area (Å²) in [4.78, 5) is 9.77. The van der Waals surface area contributed by atoms with E-state index in [0.29, 0.717) is 11.9 Å². The Bertz CT molecular complexity index is 343. The number of nitrogens with zero attached hydrogens (tertiary/aromatic N) is 2. The highest BCUT2D eigenvalue weighted by Crippen LogP contribution is 2.16. The van der Waals surface area contributed by atoms with Crippen molar-refractivity contribution in [3.63, 3.8) is 0 Å². The van der Waals surface area contributed by atoms with Crippen LogP contribution in [0.2, 0.25) is 0 Å². The number of nitrogen functional groups attached to an aromatic ring is 1. The summed E-state index contributed by atoms with van der Waals surface area (Å²) < 4.78 is 0. The monoisotopic (exact) mass is 253 g/mol. The summed E-state index contributed by atoms with van der Waals surface area (Å²) in [5.41, 5.74) is 5.82. The molecular formula is C13H27N5. The zero-order valence-corrected chi connectivity index (χ0v) is 12.1. The summed E-state index contributed by atoms with van der Waals surface area (Å²) in [5, 5.41) is 3.35. The Hall–Kier alpha value is -1.23. The van der Waals surface area contributed by atoms with Gasteiger partial charge in [-0.1, -0.05) is 13.8 Å². The number of nitrogens with two attached hydrogens (primary N) is 1. The molecule has 0 aliphatic rings. The van der Waals surface area contributed by atoms with Crippen molar-refractivity contribution in [2.24, 2.45) is 0 Å². The number of hydrogen-bond acceptors (Lipinski definition) is 4. The Kier molecular flexibility index (Phi) is 5.98. The van der Waals surface area contributed by atoms with Gasteiger partial charge in [-0.3, -0.25) is 0 Å². The van der Waals surface area contributed by atoms with Gasteiger partial charge in [0.1, 0.15) is 11.6 Å². The second-order valence-corrected chi connectivity index (χ2v) is 4.80. The van der Waals surface area contributed by atoms with Crippen molar-refractivity contribution < 1.29 is 0 Å². The Morgan fingerprint density at radius 1 is 1.39 bits per heavy atom. The number of rotatable bonds is 8. The van der Waals surface area contributed by atoms with Crippen LogP contribution in [0.25, 0.3) is 0 Å². The van der Waals surface area contributed by atoms with Gasteiger partial charge in [-0.05, 0) is 46.3 Å². The minimum Gasteiger partial charge on any atom is -0.382 e. The number of H-pyrrole nitrogens is 1. The zero-order valence-electron chi connectivity index (χ0n) is 12.1. The predicted molar refractivity (Wildman–Crippen MR) is 77.8 cm³/mol. The number of aryl methyl sites for hydroxylation is 1. The molecular weight excluding hydrogens is 226 g/mol. The van der Waals surface area contributed by atoms with Crippen molar-refractivity contribution >= 4 is 11.6 Å². The first-order chi connectivity index (χ1) is 8.56. The normalized spacial score (nSPS) is 12.9. The minimum atomic E-state index is 0.394. The van der Waals surface area contributed by atoms with Gasteiger partial charge in [-0.15, -0.1) is 0 Å². The third-order valence-electron chi connectivity index (χ3n) is 3.24. The van der Waals surface area contributed by atoms with E-state index in [2.05, 4.69) is 41.0 Å². The Labute approximate surface area is 110 Å². The lowest BCUT2D eigenvalue weighted by Crippen LogP contribution is -2.25. The molecule has 0 fully saturated rings. The van der Waals surface area contributed by atoms with Crippen LogP contribution in [-0.2, 0) is 0 Å². The fraction of sp³-hybridized carbons (Fsp3) is 0.769. The minimum absolute atomic E-state index is 0.394. The molecule has 1 heterocycles. The summed E-state index contributed by atoms with van der Waals surface area (Å²) in [6.07, 6.45) is 2.32. The van der Waals surface area contributed by atoms with Crippen LogP contribution in [0.5, 0.6) is 0 Å². The highest BCUT2D eigenvalue weighted by Gasteiger charge is 2.09. The molecule has 1 rings (SSSR count). The number of nitrogens with one attached hydrogen (secondary N) is 2. The van der Waals surface area contributed by atoms with Crippen LogP contribution in [0.15, 0.2) is 0 Å². The molecule has 5 heteroatoms. The van der Waals surface area contributed by atoms with E-state index >= 15 is 0 Å². The maximum Gasteiger partial charge on any atom is 0.168 e. The van der Waals surface area contributed by atoms with Gasteiger partial charge in [-0.25, -0.2) is 4.98 Å². The van der Waals surface area contributed by atoms with Crippen LogP contribution < -0.4 is 11.1 Å². The first kappa shape index (κ1) is 14.8. The molecule has 0 saturated carbocycles. The molecule has 104 valence electrons. The number of aromatic amines is 1. The van der Waals surface area contributed by atoms with Crippen molar-refractivity contribution in [3.8, 4) is 0 Å². The molecule has 18 heavy (non-hydrogen) atoms. The van der Waals surface area contributed by atoms with Crippen LogP contribution in [0.3, 0.4) is 0 Å². The molecule has 1 atom stereocenters. The zero-order chi connectivity index (χ0) is 13.5. The summed E-state index contributed by atoms with van der Waals surface area (Å²) in [6, 6.07) is 0.394. The van der Waals surface area contributed by atoms with Crippen LogP contribution >= 0.6 is 0 Å². The van der Waals surface area contributed by atoms with E-state index in [1.165, 1.54) is 6.42 Å². The smallest absolute Gasteiger partial charge is 0.168 e. The summed E-state index contributed by atoms with van der Waals surface area (Å²) in [6.45, 7) is 11.9. The van der Waals surface area contributed by atoms with Crippen molar-refractivity contribution in [2.45, 2.75) is 46.6 Å². The summed E-state index contributed by atoms with van der Waals surface area (Å²) in [7, 11) is 0. The van der Waals surface area contributed by atoms with Crippen LogP contribution in [0.4, 0.5) is 11.6 Å². The van der Waals surface area contributed by atoms with Gasteiger partial charge in [0.2, 0.25) is 0 Å². The molecule has 0 spiro atoms. The third-order valence-corrected chi connectivity index (χ3v) is 3.24. The van der Waals surface area contributed by atoms with Gasteiger partial charge in [-0.2, -0.15) is 0 Å². The standard InChI is InChI=1S/C13H27N5/c1-5-18(6-2)9-7-8-10(3)15-13-12(14)16-11(4)17-13/h10,15H,5-9,14H2,1-4H3,(H,16,17). The summed E-state index contributed by atoms with van der Waals surface area (Å²) >= 11 is 0. The maximum absolute atomic E-state index is 5.82. The lowest BCUT2D eigenvalue weighted by atomic mass is 10.1. The quantitative estimate of drug-likeness (QED) is 0.664. The number of anilines is 2. The Balaban J connectivity index is 2.29. The van der Waals surface area contributed by atoms with Crippen molar-refractivity contribution in [1.82, 2.24) is 14.9 Å². The number of imidazole rings is 1. The van der Waals surface area contributed by atoms with Crippen molar-refractivity contribution in [3.05, 3.63) is 5.82 Å². The molecule has 0 amide bonds. The van der Waals surface area contributed by atoms with Gasteiger partial charge >= 0.3 is 0 Å². The number of aromatic nitrogens is 2. The Morgan fingerprint density at radius 2 is 2.06 bits per heavy atom. The van der Waals surface area contributed by atoms with E-state index in [-0.39, 0.29) is 0 Å². The van der Waals surface area contributed by atoms with Gasteiger partial charge < -0.3 is 20.9 Å². The van der Waals surface area contributed by atoms with Gasteiger partial charge in [0.15, 0.2) is 5.82 Å². The van der Waals surface area contributed by atoms with E-state index < -0.39 is 0 Å². The molecule has 5 nitrogen and oxygen atoms in total. The van der Waals surface area contributed by atoms with E-state index in [1.807, 2.05) is 6.92 Å². The van der Waals surface area contributed by atoms with E-state index in [1.54, 1.807) is 0 Å². The molecule has 0 aliphatic carbocycles. The van der Waals surface area contributed by atoms with Crippen LogP contribution in [0.1, 0.15) is 39.4 Å². The molecule has 0 aliphatic heterocycles. The van der Waals surface area contributed by atoms with E-state index in [0.717, 1.165) is 37.7 Å². The second-order valence-electron chi connectivity index (χ2n) is 4.80. The van der Waals surface area contributed by atoms with Gasteiger partial charge in [0.05, 0.1) is 0 Å². The molecule has 0 bridgehead atoms. The van der Waals surface area contributed by atoms with E-state index in [9.17, 15) is 0 Å². The van der Waals surface area contributed by atoms with Gasteiger partial charge in [0, 0.05) is 6.04 Å². The largest absolute Gasteiger partial charge is 0.382 e. The second kappa shape index (κ2) is 7.26. The van der Waals surface area contributed by atoms with Gasteiger partial charge in [0.25, 0.3) is 0 Å². The highest BCUT2D eigenvalue weighted by atomic mass is 15.1. The summed E-state index contributed by atoms with van der Waals surface area (Å²) in [5.74, 6) is 2.26. The SMILES string of the molecule is CCN(CC)CCCC(C)Nc1nc(C)[nH]c1N. The molecule has 1 unspecified atom stereocenters. The third kappa shape index (κ3) is 4.56. The van der Waals surface area contributed by atoms with Crippen LogP contribution in [0, 0.1) is 6.92 Å². The highest BCUT2D eigenvalue weighted by molar-refractivity contribution is 5.57. The van der Waals surface area contributed by atoms with Crippen molar-refractivity contribution in [2.75, 3.05) is 30.7 Å². The average Bonchev–Trinajstić information content (AvgIpc) is 2.63. The Morgan fingerprint density at radius 3 is 2.56 bits per heavy atom. The molecule has 1 aromatic heterocycles. The fourth-order valence-corrected chi connectivity index (χ4v) is 2.09. The molecule has 0 saturated heterocycles. The lowest BCUT2D eigenvalue weighted by molar-refractivity contribution is 0.295. The topological polar surface area (TPSA) is 70.0 Å². The van der Waals surface area contributed by atoms with Crippen molar-refractivity contribution in [1.29, 1.82) is 0 Å².